The average molecular weight is 527 g/mol. The van der Waals surface area contributed by atoms with Gasteiger partial charge in [-0.1, -0.05) is 24.6 Å². The van der Waals surface area contributed by atoms with Gasteiger partial charge in [0, 0.05) is 31.2 Å². The minimum atomic E-state index is -0.623. The van der Waals surface area contributed by atoms with E-state index in [2.05, 4.69) is 4.90 Å². The smallest absolute Gasteiger partial charge is 0.290 e. The molecule has 1 saturated heterocycles. The minimum Gasteiger partial charge on any atom is -0.490 e. The van der Waals surface area contributed by atoms with Crippen LogP contribution in [0.25, 0.3) is 11.0 Å². The van der Waals surface area contributed by atoms with Crippen molar-refractivity contribution in [1.82, 2.24) is 9.80 Å². The fourth-order valence-electron chi connectivity index (χ4n) is 4.94. The molecule has 1 fully saturated rings. The lowest BCUT2D eigenvalue weighted by Gasteiger charge is -2.31. The lowest BCUT2D eigenvalue weighted by Crippen LogP contribution is -2.42. The third kappa shape index (κ3) is 5.06. The Morgan fingerprint density at radius 3 is 2.57 bits per heavy atom. The monoisotopic (exact) mass is 526 g/mol. The summed E-state index contributed by atoms with van der Waals surface area (Å²) in [6.07, 6.45) is 0.865. The van der Waals surface area contributed by atoms with Crippen LogP contribution in [0.4, 0.5) is 0 Å². The molecule has 3 aromatic rings. The molecule has 0 radical (unpaired) electrons. The van der Waals surface area contributed by atoms with Crippen molar-refractivity contribution in [3.63, 3.8) is 0 Å². The molecule has 8 nitrogen and oxygen atoms in total. The second-order valence-electron chi connectivity index (χ2n) is 9.16. The number of benzene rings is 2. The summed E-state index contributed by atoms with van der Waals surface area (Å²) in [7, 11) is 0. The van der Waals surface area contributed by atoms with E-state index >= 15 is 0 Å². The van der Waals surface area contributed by atoms with Crippen LogP contribution in [-0.2, 0) is 4.74 Å². The largest absolute Gasteiger partial charge is 0.490 e. The number of morpholine rings is 1. The number of nitrogens with zero attached hydrogens (tertiary/aromatic N) is 2. The summed E-state index contributed by atoms with van der Waals surface area (Å²) >= 11 is 6.20. The first-order valence-corrected chi connectivity index (χ1v) is 13.2. The van der Waals surface area contributed by atoms with Crippen molar-refractivity contribution in [3.05, 3.63) is 68.5 Å². The number of carbonyl (C=O) groups excluding carboxylic acids is 1. The van der Waals surface area contributed by atoms with Gasteiger partial charge in [-0.15, -0.1) is 0 Å². The van der Waals surface area contributed by atoms with E-state index in [9.17, 15) is 9.59 Å². The third-order valence-corrected chi connectivity index (χ3v) is 6.97. The van der Waals surface area contributed by atoms with Crippen LogP contribution in [0.5, 0.6) is 11.5 Å². The second-order valence-corrected chi connectivity index (χ2v) is 9.59. The predicted molar refractivity (Wildman–Crippen MR) is 141 cm³/mol. The molecule has 37 heavy (non-hydrogen) atoms. The Labute approximate surface area is 220 Å². The van der Waals surface area contributed by atoms with Crippen molar-refractivity contribution in [1.29, 1.82) is 0 Å². The van der Waals surface area contributed by atoms with E-state index in [0.29, 0.717) is 72.6 Å². The Balaban J connectivity index is 1.60. The van der Waals surface area contributed by atoms with Gasteiger partial charge in [0.2, 0.25) is 5.76 Å². The Bertz CT molecular complexity index is 1350. The van der Waals surface area contributed by atoms with Gasteiger partial charge in [0.15, 0.2) is 16.9 Å². The molecule has 1 aromatic heterocycles. The Kier molecular flexibility index (Phi) is 7.69. The highest BCUT2D eigenvalue weighted by atomic mass is 35.5. The highest BCUT2D eigenvalue weighted by Gasteiger charge is 2.43. The van der Waals surface area contributed by atoms with E-state index in [0.717, 1.165) is 25.1 Å². The summed E-state index contributed by atoms with van der Waals surface area (Å²) in [5.74, 6) is 0.993. The number of fused-ring (bicyclic) bond motifs is 2. The molecule has 3 heterocycles. The Morgan fingerprint density at radius 1 is 1.00 bits per heavy atom. The summed E-state index contributed by atoms with van der Waals surface area (Å²) in [4.78, 5) is 31.5. The quantitative estimate of drug-likeness (QED) is 0.405. The van der Waals surface area contributed by atoms with Gasteiger partial charge >= 0.3 is 0 Å². The van der Waals surface area contributed by atoms with Crippen molar-refractivity contribution in [2.24, 2.45) is 0 Å². The predicted octanol–water partition coefficient (Wildman–Crippen LogP) is 4.51. The Hall–Kier alpha value is -3.07. The number of amides is 1. The molecule has 2 aliphatic heterocycles. The van der Waals surface area contributed by atoms with E-state index in [-0.39, 0.29) is 17.1 Å². The van der Waals surface area contributed by atoms with Gasteiger partial charge in [-0.3, -0.25) is 14.5 Å². The zero-order chi connectivity index (χ0) is 25.9. The fraction of sp³-hybridized carbons (Fsp3) is 0.429. The van der Waals surface area contributed by atoms with Crippen molar-refractivity contribution < 1.29 is 23.4 Å². The number of halogens is 1. The van der Waals surface area contributed by atoms with Crippen molar-refractivity contribution in [2.45, 2.75) is 26.3 Å². The number of hydrogen-bond acceptors (Lipinski definition) is 7. The fourth-order valence-corrected chi connectivity index (χ4v) is 5.11. The first kappa shape index (κ1) is 25.6. The lowest BCUT2D eigenvalue weighted by atomic mass is 9.98. The summed E-state index contributed by atoms with van der Waals surface area (Å²) < 4.78 is 23.3. The van der Waals surface area contributed by atoms with Crippen molar-refractivity contribution in [3.8, 4) is 11.5 Å². The molecule has 196 valence electrons. The number of hydrogen-bond donors (Lipinski definition) is 0. The standard InChI is InChI=1S/C28H31ClN2O6/c1-3-13-36-22-7-5-18(16-23(22)35-4-2)25-24-26(32)20-17-19(29)6-8-21(20)37-27(24)28(33)31(25)10-9-30-11-14-34-15-12-30/h5-8,16-17,25H,3-4,9-15H2,1-2H3/t25-/m0/s1. The molecule has 2 aromatic carbocycles. The van der Waals surface area contributed by atoms with Gasteiger partial charge in [0.05, 0.1) is 43.4 Å². The summed E-state index contributed by atoms with van der Waals surface area (Å²) in [5.41, 5.74) is 1.17. The van der Waals surface area contributed by atoms with E-state index in [1.165, 1.54) is 0 Å². The summed E-state index contributed by atoms with van der Waals surface area (Å²) in [5, 5.41) is 0.785. The topological polar surface area (TPSA) is 81.5 Å². The van der Waals surface area contributed by atoms with Crippen LogP contribution in [-0.4, -0.2) is 68.3 Å². The average Bonchev–Trinajstić information content (AvgIpc) is 3.19. The van der Waals surface area contributed by atoms with Gasteiger partial charge in [-0.2, -0.15) is 0 Å². The van der Waals surface area contributed by atoms with Crippen LogP contribution in [0.1, 0.15) is 48.0 Å². The number of rotatable bonds is 9. The van der Waals surface area contributed by atoms with Crippen LogP contribution >= 0.6 is 11.6 Å². The Morgan fingerprint density at radius 2 is 1.81 bits per heavy atom. The molecule has 1 amide bonds. The van der Waals surface area contributed by atoms with Crippen molar-refractivity contribution >= 4 is 28.5 Å². The highest BCUT2D eigenvalue weighted by molar-refractivity contribution is 6.31. The molecule has 0 N–H and O–H groups in total. The van der Waals surface area contributed by atoms with Gasteiger partial charge in [-0.25, -0.2) is 0 Å². The molecule has 0 spiro atoms. The number of ether oxygens (including phenoxy) is 3. The molecule has 5 rings (SSSR count). The van der Waals surface area contributed by atoms with Gasteiger partial charge in [0.25, 0.3) is 5.91 Å². The van der Waals surface area contributed by atoms with Crippen LogP contribution in [0.2, 0.25) is 5.02 Å². The normalized spacial score (nSPS) is 17.9. The third-order valence-electron chi connectivity index (χ3n) is 6.73. The molecule has 0 aliphatic carbocycles. The lowest BCUT2D eigenvalue weighted by molar-refractivity contribution is 0.0314. The van der Waals surface area contributed by atoms with E-state index < -0.39 is 6.04 Å². The van der Waals surface area contributed by atoms with Crippen molar-refractivity contribution in [2.75, 3.05) is 52.6 Å². The first-order valence-electron chi connectivity index (χ1n) is 12.8. The zero-order valence-electron chi connectivity index (χ0n) is 21.1. The maximum absolute atomic E-state index is 13.8. The maximum Gasteiger partial charge on any atom is 0.290 e. The molecule has 2 aliphatic rings. The molecule has 0 unspecified atom stereocenters. The van der Waals surface area contributed by atoms with Gasteiger partial charge < -0.3 is 23.5 Å². The van der Waals surface area contributed by atoms with Crippen LogP contribution in [0.3, 0.4) is 0 Å². The molecule has 0 saturated carbocycles. The number of carbonyl (C=O) groups is 1. The van der Waals surface area contributed by atoms with Crippen LogP contribution in [0, 0.1) is 0 Å². The van der Waals surface area contributed by atoms with Gasteiger partial charge in [-0.05, 0) is 49.2 Å². The summed E-state index contributed by atoms with van der Waals surface area (Å²) in [6, 6.07) is 9.85. The van der Waals surface area contributed by atoms with Gasteiger partial charge in [0.1, 0.15) is 5.58 Å². The van der Waals surface area contributed by atoms with E-state index in [1.54, 1.807) is 23.1 Å². The summed E-state index contributed by atoms with van der Waals surface area (Å²) in [6.45, 7) is 9.00. The highest BCUT2D eigenvalue weighted by Crippen LogP contribution is 2.41. The zero-order valence-corrected chi connectivity index (χ0v) is 21.9. The molecule has 1 atom stereocenters. The van der Waals surface area contributed by atoms with Crippen LogP contribution < -0.4 is 14.9 Å². The second kappa shape index (κ2) is 11.1. The molecular formula is C28H31ClN2O6. The van der Waals surface area contributed by atoms with E-state index in [4.69, 9.17) is 30.2 Å². The maximum atomic E-state index is 13.8. The molecule has 0 bridgehead atoms. The molecular weight excluding hydrogens is 496 g/mol. The van der Waals surface area contributed by atoms with E-state index in [1.807, 2.05) is 32.0 Å². The minimum absolute atomic E-state index is 0.0797. The molecule has 9 heteroatoms. The first-order chi connectivity index (χ1) is 18.0. The SMILES string of the molecule is CCCOc1ccc([C@H]2c3c(oc4ccc(Cl)cc4c3=O)C(=O)N2CCN2CCOCC2)cc1OCC. The van der Waals surface area contributed by atoms with Crippen LogP contribution in [0.15, 0.2) is 45.6 Å².